The average Bonchev–Trinajstić information content (AvgIpc) is 2.29. The maximum atomic E-state index is 13.1. The Hall–Kier alpha value is -0.753. The van der Waals surface area contributed by atoms with Crippen LogP contribution in [0.15, 0.2) is 24.3 Å². The lowest BCUT2D eigenvalue weighted by molar-refractivity contribution is 0.0857. The van der Waals surface area contributed by atoms with Gasteiger partial charge in [-0.2, -0.15) is 0 Å². The molecule has 96 valence electrons. The van der Waals surface area contributed by atoms with Gasteiger partial charge in [0, 0.05) is 26.4 Å². The molecule has 0 aliphatic heterocycles. The molecule has 0 bridgehead atoms. The fourth-order valence-corrected chi connectivity index (χ4v) is 3.94. The van der Waals surface area contributed by atoms with Crippen molar-refractivity contribution in [3.05, 3.63) is 35.6 Å². The number of benzene rings is 1. The summed E-state index contributed by atoms with van der Waals surface area (Å²) in [6.07, 6.45) is 0. The summed E-state index contributed by atoms with van der Waals surface area (Å²) < 4.78 is 29.8. The third kappa shape index (κ3) is 4.20. The molecule has 0 aliphatic carbocycles. The monoisotopic (exact) mass is 258 g/mol. The van der Waals surface area contributed by atoms with Crippen molar-refractivity contribution in [2.75, 3.05) is 20.3 Å². The zero-order chi connectivity index (χ0) is 12.7. The van der Waals surface area contributed by atoms with Crippen molar-refractivity contribution in [1.29, 1.82) is 0 Å². The zero-order valence-corrected chi connectivity index (χ0v) is 11.5. The quantitative estimate of drug-likeness (QED) is 0.704. The van der Waals surface area contributed by atoms with Gasteiger partial charge in [0.1, 0.15) is 5.82 Å². The molecule has 0 amide bonds. The summed E-state index contributed by atoms with van der Waals surface area (Å²) in [6, 6.07) is 6.92. The van der Waals surface area contributed by atoms with E-state index in [1.54, 1.807) is 13.2 Å². The van der Waals surface area contributed by atoms with Gasteiger partial charge in [-0.3, -0.25) is 0 Å². The lowest BCUT2D eigenvalue weighted by Gasteiger charge is -2.27. The van der Waals surface area contributed by atoms with Crippen LogP contribution in [0.25, 0.3) is 0 Å². The highest BCUT2D eigenvalue weighted by Crippen LogP contribution is 2.16. The van der Waals surface area contributed by atoms with Gasteiger partial charge in [-0.05, 0) is 31.5 Å². The summed E-state index contributed by atoms with van der Waals surface area (Å²) in [6.45, 7) is 4.83. The molecule has 1 aromatic rings. The van der Waals surface area contributed by atoms with Gasteiger partial charge in [0.15, 0.2) is 0 Å². The van der Waals surface area contributed by atoms with Crippen molar-refractivity contribution < 1.29 is 17.7 Å². The Kier molecular flexibility index (Phi) is 5.77. The zero-order valence-electron chi connectivity index (χ0n) is 10.5. The highest BCUT2D eigenvalue weighted by Gasteiger charge is 2.39. The molecule has 0 radical (unpaired) electrons. The lowest BCUT2D eigenvalue weighted by atomic mass is 10.2. The van der Waals surface area contributed by atoms with Crippen molar-refractivity contribution in [3.8, 4) is 0 Å². The number of rotatable bonds is 7. The Morgan fingerprint density at radius 3 is 2.29 bits per heavy atom. The number of halogens is 1. The van der Waals surface area contributed by atoms with Crippen molar-refractivity contribution in [2.45, 2.75) is 19.9 Å². The molecule has 0 atom stereocenters. The predicted octanol–water partition coefficient (Wildman–Crippen LogP) is 2.57. The van der Waals surface area contributed by atoms with E-state index in [0.717, 1.165) is 5.56 Å². The molecule has 5 heteroatoms. The third-order valence-electron chi connectivity index (χ3n) is 2.35. The Bertz CT molecular complexity index is 340. The molecule has 0 unspecified atom stereocenters. The molecule has 0 spiro atoms. The van der Waals surface area contributed by atoms with Crippen LogP contribution >= 0.6 is 0 Å². The first-order valence-electron chi connectivity index (χ1n) is 5.73. The molecule has 1 aromatic carbocycles. The minimum Gasteiger partial charge on any atom is -0.377 e. The topological polar surface area (TPSA) is 27.7 Å². The molecule has 1 rings (SSSR count). The van der Waals surface area contributed by atoms with Crippen LogP contribution in [0.5, 0.6) is 0 Å². The first-order valence-corrected chi connectivity index (χ1v) is 7.66. The van der Waals surface area contributed by atoms with Gasteiger partial charge in [0.2, 0.25) is 0 Å². The van der Waals surface area contributed by atoms with Gasteiger partial charge >= 0.3 is 8.80 Å². The molecule has 0 heterocycles. The van der Waals surface area contributed by atoms with Crippen LogP contribution in [0.1, 0.15) is 19.4 Å². The van der Waals surface area contributed by atoms with Crippen LogP contribution in [-0.2, 0) is 19.3 Å². The summed E-state index contributed by atoms with van der Waals surface area (Å²) in [7, 11) is -1.12. The van der Waals surface area contributed by atoms with Gasteiger partial charge < -0.3 is 13.3 Å². The molecule has 17 heavy (non-hydrogen) atoms. The van der Waals surface area contributed by atoms with Crippen LogP contribution in [-0.4, -0.2) is 29.1 Å². The Balaban J connectivity index is 2.84. The second-order valence-corrected chi connectivity index (χ2v) is 6.27. The Morgan fingerprint density at radius 2 is 1.82 bits per heavy atom. The van der Waals surface area contributed by atoms with Crippen LogP contribution in [0.3, 0.4) is 0 Å². The van der Waals surface area contributed by atoms with Gasteiger partial charge in [-0.25, -0.2) is 4.39 Å². The second-order valence-electron chi connectivity index (χ2n) is 3.56. The van der Waals surface area contributed by atoms with Crippen LogP contribution in [0, 0.1) is 5.82 Å². The SMILES string of the molecule is CCO[Si](Cc1cccc(F)c1)(OC)OCC. The van der Waals surface area contributed by atoms with E-state index in [1.807, 2.05) is 19.9 Å². The van der Waals surface area contributed by atoms with Crippen molar-refractivity contribution in [3.63, 3.8) is 0 Å². The molecule has 0 N–H and O–H groups in total. The van der Waals surface area contributed by atoms with E-state index >= 15 is 0 Å². The largest absolute Gasteiger partial charge is 0.505 e. The van der Waals surface area contributed by atoms with Gasteiger partial charge in [-0.1, -0.05) is 12.1 Å². The van der Waals surface area contributed by atoms with Crippen LogP contribution in [0.2, 0.25) is 0 Å². The fourth-order valence-electron chi connectivity index (χ4n) is 1.67. The minimum atomic E-state index is -2.70. The van der Waals surface area contributed by atoms with E-state index in [2.05, 4.69) is 0 Å². The van der Waals surface area contributed by atoms with E-state index in [1.165, 1.54) is 12.1 Å². The maximum absolute atomic E-state index is 13.1. The summed E-state index contributed by atoms with van der Waals surface area (Å²) >= 11 is 0. The number of hydrogen-bond acceptors (Lipinski definition) is 3. The van der Waals surface area contributed by atoms with Crippen molar-refractivity contribution in [1.82, 2.24) is 0 Å². The normalized spacial score (nSPS) is 11.8. The Labute approximate surface area is 103 Å². The predicted molar refractivity (Wildman–Crippen MR) is 66.1 cm³/mol. The van der Waals surface area contributed by atoms with Crippen LogP contribution in [0.4, 0.5) is 4.39 Å². The smallest absolute Gasteiger partial charge is 0.377 e. The van der Waals surface area contributed by atoms with E-state index in [4.69, 9.17) is 13.3 Å². The summed E-state index contributed by atoms with van der Waals surface area (Å²) in [4.78, 5) is 0. The molecule has 0 saturated carbocycles. The molecule has 0 fully saturated rings. The van der Waals surface area contributed by atoms with E-state index in [9.17, 15) is 4.39 Å². The maximum Gasteiger partial charge on any atom is 0.505 e. The van der Waals surface area contributed by atoms with Crippen molar-refractivity contribution >= 4 is 8.80 Å². The van der Waals surface area contributed by atoms with E-state index in [-0.39, 0.29) is 5.82 Å². The van der Waals surface area contributed by atoms with Gasteiger partial charge in [-0.15, -0.1) is 0 Å². The number of hydrogen-bond donors (Lipinski definition) is 0. The molecule has 0 aromatic heterocycles. The summed E-state index contributed by atoms with van der Waals surface area (Å²) in [5, 5.41) is 0. The lowest BCUT2D eigenvalue weighted by Crippen LogP contribution is -2.47. The first kappa shape index (κ1) is 14.3. The minimum absolute atomic E-state index is 0.255. The third-order valence-corrected chi connectivity index (χ3v) is 5.27. The summed E-state index contributed by atoms with van der Waals surface area (Å²) in [5.41, 5.74) is 0.834. The molecule has 0 saturated heterocycles. The van der Waals surface area contributed by atoms with E-state index < -0.39 is 8.80 Å². The molecule has 3 nitrogen and oxygen atoms in total. The van der Waals surface area contributed by atoms with E-state index in [0.29, 0.717) is 19.3 Å². The van der Waals surface area contributed by atoms with Gasteiger partial charge in [0.25, 0.3) is 0 Å². The standard InChI is InChI=1S/C12H19FO3Si/c1-4-15-17(14-3,16-5-2)10-11-7-6-8-12(13)9-11/h6-9H,4-5,10H2,1-3H3. The van der Waals surface area contributed by atoms with Crippen LogP contribution < -0.4 is 0 Å². The average molecular weight is 258 g/mol. The molecular formula is C12H19FO3Si. The molecular weight excluding hydrogens is 239 g/mol. The Morgan fingerprint density at radius 1 is 1.18 bits per heavy atom. The van der Waals surface area contributed by atoms with Gasteiger partial charge in [0.05, 0.1) is 0 Å². The van der Waals surface area contributed by atoms with Crippen molar-refractivity contribution in [2.24, 2.45) is 0 Å². The highest BCUT2D eigenvalue weighted by molar-refractivity contribution is 6.60. The molecule has 0 aliphatic rings. The summed E-state index contributed by atoms with van der Waals surface area (Å²) in [5.74, 6) is -0.255. The first-order chi connectivity index (χ1) is 8.15. The fraction of sp³-hybridized carbons (Fsp3) is 0.500. The second kappa shape index (κ2) is 6.86. The highest BCUT2D eigenvalue weighted by atomic mass is 28.4.